The number of halogens is 3. The third kappa shape index (κ3) is 2.82. The number of anilines is 1. The quantitative estimate of drug-likeness (QED) is 0.708. The first-order valence-corrected chi connectivity index (χ1v) is 8.57. The molecule has 118 valence electrons. The molecule has 0 bridgehead atoms. The van der Waals surface area contributed by atoms with Gasteiger partial charge in [0.2, 0.25) is 0 Å². The lowest BCUT2D eigenvalue weighted by atomic mass is 10.0. The van der Waals surface area contributed by atoms with Crippen molar-refractivity contribution in [3.63, 3.8) is 0 Å². The lowest BCUT2D eigenvalue weighted by Crippen LogP contribution is -2.40. The van der Waals surface area contributed by atoms with Crippen molar-refractivity contribution in [1.29, 1.82) is 0 Å². The normalized spacial score (nSPS) is 16.2. The number of aromatic nitrogens is 1. The van der Waals surface area contributed by atoms with Crippen LogP contribution in [0.15, 0.2) is 22.8 Å². The summed E-state index contributed by atoms with van der Waals surface area (Å²) in [6, 6.07) is 3.80. The second-order valence-electron chi connectivity index (χ2n) is 5.35. The molecule has 0 N–H and O–H groups in total. The number of pyridine rings is 1. The molecule has 6 heteroatoms. The molecule has 0 saturated carbocycles. The molecule has 2 aromatic rings. The van der Waals surface area contributed by atoms with Crippen molar-refractivity contribution >= 4 is 44.0 Å². The fourth-order valence-corrected chi connectivity index (χ4v) is 3.72. The van der Waals surface area contributed by atoms with E-state index in [0.717, 1.165) is 43.4 Å². The van der Waals surface area contributed by atoms with Crippen LogP contribution in [0.2, 0.25) is 5.15 Å². The Hall–Kier alpha value is -0.910. The van der Waals surface area contributed by atoms with Crippen LogP contribution in [0.5, 0.6) is 0 Å². The predicted molar refractivity (Wildman–Crippen MR) is 91.3 cm³/mol. The fourth-order valence-electron chi connectivity index (χ4n) is 3.09. The summed E-state index contributed by atoms with van der Waals surface area (Å²) in [6.45, 7) is 4.21. The fraction of sp³-hybridized carbons (Fsp3) is 0.438. The maximum absolute atomic E-state index is 14.9. The summed E-state index contributed by atoms with van der Waals surface area (Å²) < 4.78 is 20.7. The zero-order chi connectivity index (χ0) is 15.7. The summed E-state index contributed by atoms with van der Waals surface area (Å²) in [5.74, 6) is -0.247. The lowest BCUT2D eigenvalue weighted by Gasteiger charge is -2.36. The average Bonchev–Trinajstić information content (AvgIpc) is 2.54. The largest absolute Gasteiger partial charge is 0.381 e. The van der Waals surface area contributed by atoms with E-state index < -0.39 is 0 Å². The SMILES string of the molecule is CCN(c1c(F)c(Br)cc2c(Cl)nccc12)C1CCOCC1. The van der Waals surface area contributed by atoms with Crippen molar-refractivity contribution in [3.8, 4) is 0 Å². The number of rotatable bonds is 3. The van der Waals surface area contributed by atoms with Crippen LogP contribution in [0.1, 0.15) is 19.8 Å². The smallest absolute Gasteiger partial charge is 0.161 e. The molecule has 1 aliphatic rings. The summed E-state index contributed by atoms with van der Waals surface area (Å²) in [6.07, 6.45) is 3.43. The minimum atomic E-state index is -0.247. The van der Waals surface area contributed by atoms with Crippen LogP contribution in [0, 0.1) is 5.82 Å². The number of hydrogen-bond donors (Lipinski definition) is 0. The van der Waals surface area contributed by atoms with Gasteiger partial charge in [-0.1, -0.05) is 11.6 Å². The molecule has 1 fully saturated rings. The third-order valence-electron chi connectivity index (χ3n) is 4.14. The van der Waals surface area contributed by atoms with Crippen LogP contribution in [0.4, 0.5) is 10.1 Å². The summed E-state index contributed by atoms with van der Waals surface area (Å²) in [5, 5.41) is 1.95. The maximum Gasteiger partial charge on any atom is 0.161 e. The van der Waals surface area contributed by atoms with Gasteiger partial charge in [0.25, 0.3) is 0 Å². The molecule has 1 saturated heterocycles. The van der Waals surface area contributed by atoms with E-state index in [1.807, 2.05) is 13.0 Å². The number of benzene rings is 1. The minimum Gasteiger partial charge on any atom is -0.381 e. The number of hydrogen-bond acceptors (Lipinski definition) is 3. The Morgan fingerprint density at radius 3 is 2.82 bits per heavy atom. The van der Waals surface area contributed by atoms with Crippen molar-refractivity contribution in [3.05, 3.63) is 33.8 Å². The Labute approximate surface area is 142 Å². The predicted octanol–water partition coefficient (Wildman–Crippen LogP) is 4.80. The third-order valence-corrected chi connectivity index (χ3v) is 5.02. The molecular weight excluding hydrogens is 371 g/mol. The Balaban J connectivity index is 2.18. The zero-order valence-electron chi connectivity index (χ0n) is 12.3. The molecule has 3 rings (SSSR count). The first kappa shape index (κ1) is 16.0. The van der Waals surface area contributed by atoms with Crippen molar-refractivity contribution in [2.45, 2.75) is 25.8 Å². The van der Waals surface area contributed by atoms with Gasteiger partial charge in [0.15, 0.2) is 5.82 Å². The standard InChI is InChI=1S/C16H17BrClFN2O/c1-2-21(10-4-7-22-8-5-10)15-11-3-6-20-16(18)12(11)9-13(17)14(15)19/h3,6,9-10H,2,4-5,7-8H2,1H3. The zero-order valence-corrected chi connectivity index (χ0v) is 14.6. The van der Waals surface area contributed by atoms with E-state index in [1.54, 1.807) is 12.3 Å². The molecule has 1 aromatic heterocycles. The van der Waals surface area contributed by atoms with E-state index in [2.05, 4.69) is 25.8 Å². The van der Waals surface area contributed by atoms with Crippen LogP contribution >= 0.6 is 27.5 Å². The van der Waals surface area contributed by atoms with Crippen LogP contribution < -0.4 is 4.90 Å². The van der Waals surface area contributed by atoms with E-state index in [4.69, 9.17) is 16.3 Å². The number of ether oxygens (including phenoxy) is 1. The van der Waals surface area contributed by atoms with Gasteiger partial charge in [0.1, 0.15) is 5.15 Å². The molecule has 1 aromatic carbocycles. The second kappa shape index (κ2) is 6.69. The highest BCUT2D eigenvalue weighted by Crippen LogP contribution is 2.38. The van der Waals surface area contributed by atoms with E-state index in [0.29, 0.717) is 15.3 Å². The van der Waals surface area contributed by atoms with Crippen LogP contribution in [0.3, 0.4) is 0 Å². The number of fused-ring (bicyclic) bond motifs is 1. The molecule has 0 amide bonds. The summed E-state index contributed by atoms with van der Waals surface area (Å²) in [4.78, 5) is 6.23. The van der Waals surface area contributed by atoms with E-state index in [1.165, 1.54) is 0 Å². The topological polar surface area (TPSA) is 25.4 Å². The molecule has 0 atom stereocenters. The molecular formula is C16H17BrClFN2O. The van der Waals surface area contributed by atoms with E-state index in [9.17, 15) is 4.39 Å². The van der Waals surface area contributed by atoms with E-state index >= 15 is 0 Å². The van der Waals surface area contributed by atoms with Gasteiger partial charge in [-0.25, -0.2) is 9.37 Å². The van der Waals surface area contributed by atoms with Crippen molar-refractivity contribution in [2.24, 2.45) is 0 Å². The highest BCUT2D eigenvalue weighted by molar-refractivity contribution is 9.10. The number of nitrogens with zero attached hydrogens (tertiary/aromatic N) is 2. The van der Waals surface area contributed by atoms with Gasteiger partial charge in [-0.2, -0.15) is 0 Å². The highest BCUT2D eigenvalue weighted by Gasteiger charge is 2.26. The van der Waals surface area contributed by atoms with E-state index in [-0.39, 0.29) is 11.9 Å². The Bertz CT molecular complexity index is 691. The summed E-state index contributed by atoms with van der Waals surface area (Å²) >= 11 is 9.50. The molecule has 0 spiro atoms. The van der Waals surface area contributed by atoms with Gasteiger partial charge in [-0.3, -0.25) is 0 Å². The van der Waals surface area contributed by atoms with Crippen molar-refractivity contribution in [2.75, 3.05) is 24.7 Å². The first-order valence-electron chi connectivity index (χ1n) is 7.40. The molecule has 0 radical (unpaired) electrons. The van der Waals surface area contributed by atoms with Gasteiger partial charge < -0.3 is 9.64 Å². The highest BCUT2D eigenvalue weighted by atomic mass is 79.9. The second-order valence-corrected chi connectivity index (χ2v) is 6.56. The summed E-state index contributed by atoms with van der Waals surface area (Å²) in [7, 11) is 0. The molecule has 22 heavy (non-hydrogen) atoms. The van der Waals surface area contributed by atoms with Crippen LogP contribution in [0.25, 0.3) is 10.8 Å². The van der Waals surface area contributed by atoms with Gasteiger partial charge in [-0.05, 0) is 47.8 Å². The molecule has 0 aliphatic carbocycles. The first-order chi connectivity index (χ1) is 10.6. The minimum absolute atomic E-state index is 0.247. The van der Waals surface area contributed by atoms with Crippen molar-refractivity contribution < 1.29 is 9.13 Å². The van der Waals surface area contributed by atoms with Crippen LogP contribution in [-0.4, -0.2) is 30.8 Å². The molecule has 3 nitrogen and oxygen atoms in total. The van der Waals surface area contributed by atoms with Gasteiger partial charge in [-0.15, -0.1) is 0 Å². The Morgan fingerprint density at radius 1 is 1.41 bits per heavy atom. The van der Waals surface area contributed by atoms with Gasteiger partial charge in [0.05, 0.1) is 10.2 Å². The Morgan fingerprint density at radius 2 is 2.14 bits per heavy atom. The van der Waals surface area contributed by atoms with Gasteiger partial charge in [0, 0.05) is 42.8 Å². The lowest BCUT2D eigenvalue weighted by molar-refractivity contribution is 0.0845. The van der Waals surface area contributed by atoms with Crippen LogP contribution in [-0.2, 0) is 4.74 Å². The molecule has 1 aliphatic heterocycles. The summed E-state index contributed by atoms with van der Waals surface area (Å²) in [5.41, 5.74) is 0.600. The van der Waals surface area contributed by atoms with Gasteiger partial charge >= 0.3 is 0 Å². The maximum atomic E-state index is 14.9. The Kier molecular flexibility index (Phi) is 4.85. The monoisotopic (exact) mass is 386 g/mol. The molecule has 2 heterocycles. The molecule has 0 unspecified atom stereocenters. The average molecular weight is 388 g/mol. The van der Waals surface area contributed by atoms with Crippen molar-refractivity contribution in [1.82, 2.24) is 4.98 Å².